The summed E-state index contributed by atoms with van der Waals surface area (Å²) >= 11 is 0. The van der Waals surface area contributed by atoms with Crippen molar-refractivity contribution >= 4 is 0 Å². The molecule has 3 nitrogen and oxygen atoms in total. The summed E-state index contributed by atoms with van der Waals surface area (Å²) in [6.45, 7) is 8.26. The van der Waals surface area contributed by atoms with Gasteiger partial charge in [-0.1, -0.05) is 51.1 Å². The fourth-order valence-electron chi connectivity index (χ4n) is 3.92. The van der Waals surface area contributed by atoms with Crippen LogP contribution < -0.4 is 0 Å². The summed E-state index contributed by atoms with van der Waals surface area (Å²) in [6.07, 6.45) is 3.54. The van der Waals surface area contributed by atoms with Gasteiger partial charge in [0.25, 0.3) is 0 Å². The first-order valence-corrected chi connectivity index (χ1v) is 8.29. The van der Waals surface area contributed by atoms with Gasteiger partial charge in [-0.05, 0) is 30.2 Å². The van der Waals surface area contributed by atoms with Gasteiger partial charge in [-0.3, -0.25) is 4.98 Å². The quantitative estimate of drug-likeness (QED) is 0.940. The van der Waals surface area contributed by atoms with E-state index in [9.17, 15) is 5.11 Å². The molecule has 1 atom stereocenters. The zero-order chi connectivity index (χ0) is 16.7. The van der Waals surface area contributed by atoms with E-state index in [-0.39, 0.29) is 5.41 Å². The van der Waals surface area contributed by atoms with Gasteiger partial charge in [-0.2, -0.15) is 0 Å². The average molecular weight is 310 g/mol. The first kappa shape index (κ1) is 16.2. The highest BCUT2D eigenvalue weighted by molar-refractivity contribution is 5.40. The summed E-state index contributed by atoms with van der Waals surface area (Å²) in [5, 5.41) is 11.8. The standard InChI is InChI=1S/C20H26N2O/c1-15(2)16-7-9-17(10-8-16)20(23,18-6-5-11-21-12-18)19(3)13-22(4)14-19/h5-12,15,23H,13-14H2,1-4H3. The van der Waals surface area contributed by atoms with E-state index in [4.69, 9.17) is 0 Å². The normalized spacial score (nSPS) is 20.1. The Hall–Kier alpha value is -1.71. The highest BCUT2D eigenvalue weighted by Crippen LogP contribution is 2.49. The molecule has 3 rings (SSSR count). The molecule has 1 aliphatic rings. The lowest BCUT2D eigenvalue weighted by Crippen LogP contribution is -2.63. The number of aromatic nitrogens is 1. The molecule has 23 heavy (non-hydrogen) atoms. The van der Waals surface area contributed by atoms with Crippen LogP contribution >= 0.6 is 0 Å². The number of aliphatic hydroxyl groups is 1. The van der Waals surface area contributed by atoms with E-state index in [1.165, 1.54) is 5.56 Å². The number of benzene rings is 1. The van der Waals surface area contributed by atoms with Crippen molar-refractivity contribution in [2.45, 2.75) is 32.3 Å². The second-order valence-electron chi connectivity index (χ2n) is 7.46. The summed E-state index contributed by atoms with van der Waals surface area (Å²) in [6, 6.07) is 12.3. The smallest absolute Gasteiger partial charge is 0.124 e. The lowest BCUT2D eigenvalue weighted by atomic mass is 9.62. The Bertz CT molecular complexity index is 660. The zero-order valence-corrected chi connectivity index (χ0v) is 14.5. The van der Waals surface area contributed by atoms with Gasteiger partial charge in [-0.15, -0.1) is 0 Å². The molecule has 0 amide bonds. The second-order valence-corrected chi connectivity index (χ2v) is 7.46. The maximum Gasteiger partial charge on any atom is 0.124 e. The largest absolute Gasteiger partial charge is 0.380 e. The Balaban J connectivity index is 2.09. The molecule has 1 unspecified atom stereocenters. The zero-order valence-electron chi connectivity index (χ0n) is 14.5. The molecular weight excluding hydrogens is 284 g/mol. The molecule has 0 saturated carbocycles. The minimum absolute atomic E-state index is 0.218. The van der Waals surface area contributed by atoms with Gasteiger partial charge in [0.2, 0.25) is 0 Å². The van der Waals surface area contributed by atoms with Crippen LogP contribution in [-0.2, 0) is 5.60 Å². The number of likely N-dealkylation sites (tertiary alicyclic amines) is 1. The van der Waals surface area contributed by atoms with Crippen molar-refractivity contribution in [1.29, 1.82) is 0 Å². The van der Waals surface area contributed by atoms with Crippen molar-refractivity contribution in [1.82, 2.24) is 9.88 Å². The third kappa shape index (κ3) is 2.58. The van der Waals surface area contributed by atoms with Gasteiger partial charge >= 0.3 is 0 Å². The Morgan fingerprint density at radius 3 is 2.26 bits per heavy atom. The van der Waals surface area contributed by atoms with E-state index in [0.717, 1.165) is 24.2 Å². The van der Waals surface area contributed by atoms with Gasteiger partial charge in [0, 0.05) is 36.5 Å². The second kappa shape index (κ2) is 5.73. The van der Waals surface area contributed by atoms with Crippen LogP contribution in [-0.4, -0.2) is 35.1 Å². The molecule has 0 bridgehead atoms. The van der Waals surface area contributed by atoms with Gasteiger partial charge in [0.1, 0.15) is 5.60 Å². The van der Waals surface area contributed by atoms with Gasteiger partial charge in [-0.25, -0.2) is 0 Å². The van der Waals surface area contributed by atoms with E-state index in [1.807, 2.05) is 12.1 Å². The number of hydrogen-bond donors (Lipinski definition) is 1. The molecule has 122 valence electrons. The summed E-state index contributed by atoms with van der Waals surface area (Å²) in [5.74, 6) is 0.487. The molecule has 0 radical (unpaired) electrons. The number of hydrogen-bond acceptors (Lipinski definition) is 3. The highest BCUT2D eigenvalue weighted by atomic mass is 16.3. The molecule has 0 spiro atoms. The molecule has 1 aliphatic heterocycles. The Morgan fingerprint density at radius 2 is 1.78 bits per heavy atom. The van der Waals surface area contributed by atoms with Crippen LogP contribution in [0.15, 0.2) is 48.8 Å². The van der Waals surface area contributed by atoms with Crippen molar-refractivity contribution in [2.75, 3.05) is 20.1 Å². The fourth-order valence-corrected chi connectivity index (χ4v) is 3.92. The molecular formula is C20H26N2O. The van der Waals surface area contributed by atoms with Crippen LogP contribution in [0.4, 0.5) is 0 Å². The third-order valence-electron chi connectivity index (χ3n) is 5.19. The lowest BCUT2D eigenvalue weighted by molar-refractivity contribution is -0.127. The van der Waals surface area contributed by atoms with Crippen LogP contribution in [0.2, 0.25) is 0 Å². The van der Waals surface area contributed by atoms with E-state index < -0.39 is 5.60 Å². The van der Waals surface area contributed by atoms with Crippen LogP contribution in [0.25, 0.3) is 0 Å². The van der Waals surface area contributed by atoms with Crippen molar-refractivity contribution in [3.63, 3.8) is 0 Å². The summed E-state index contributed by atoms with van der Waals surface area (Å²) in [4.78, 5) is 6.48. The molecule has 1 saturated heterocycles. The first-order chi connectivity index (χ1) is 10.9. The number of nitrogens with zero attached hydrogens (tertiary/aromatic N) is 2. The van der Waals surface area contributed by atoms with E-state index in [1.54, 1.807) is 12.4 Å². The SMILES string of the molecule is CC(C)c1ccc(C(O)(c2cccnc2)C2(C)CN(C)C2)cc1. The lowest BCUT2D eigenvalue weighted by Gasteiger charge is -2.55. The van der Waals surface area contributed by atoms with Crippen LogP contribution in [0.1, 0.15) is 43.4 Å². The fraction of sp³-hybridized carbons (Fsp3) is 0.450. The maximum absolute atomic E-state index is 11.8. The predicted octanol–water partition coefficient (Wildman–Crippen LogP) is 3.39. The van der Waals surface area contributed by atoms with E-state index in [0.29, 0.717) is 5.92 Å². The number of rotatable bonds is 4. The minimum Gasteiger partial charge on any atom is -0.380 e. The highest BCUT2D eigenvalue weighted by Gasteiger charge is 2.55. The van der Waals surface area contributed by atoms with Crippen molar-refractivity contribution in [3.8, 4) is 0 Å². The van der Waals surface area contributed by atoms with Gasteiger partial charge in [0.15, 0.2) is 0 Å². The summed E-state index contributed by atoms with van der Waals surface area (Å²) in [7, 11) is 2.09. The molecule has 1 aromatic heterocycles. The van der Waals surface area contributed by atoms with Crippen LogP contribution in [0.5, 0.6) is 0 Å². The molecule has 1 aromatic carbocycles. The molecule has 2 heterocycles. The molecule has 2 aromatic rings. The van der Waals surface area contributed by atoms with Crippen LogP contribution in [0.3, 0.4) is 0 Å². The monoisotopic (exact) mass is 310 g/mol. The summed E-state index contributed by atoms with van der Waals surface area (Å²) in [5.41, 5.74) is 1.87. The van der Waals surface area contributed by atoms with Crippen molar-refractivity contribution in [3.05, 3.63) is 65.5 Å². The maximum atomic E-state index is 11.8. The first-order valence-electron chi connectivity index (χ1n) is 8.29. The molecule has 1 fully saturated rings. The van der Waals surface area contributed by atoms with E-state index >= 15 is 0 Å². The number of pyridine rings is 1. The molecule has 0 aliphatic carbocycles. The third-order valence-corrected chi connectivity index (χ3v) is 5.19. The Labute approximate surface area is 139 Å². The predicted molar refractivity (Wildman–Crippen MR) is 93.4 cm³/mol. The Kier molecular flexibility index (Phi) is 4.03. The van der Waals surface area contributed by atoms with Crippen molar-refractivity contribution in [2.24, 2.45) is 5.41 Å². The van der Waals surface area contributed by atoms with E-state index in [2.05, 4.69) is 62.0 Å². The van der Waals surface area contributed by atoms with Gasteiger partial charge in [0.05, 0.1) is 0 Å². The van der Waals surface area contributed by atoms with Crippen LogP contribution in [0, 0.1) is 5.41 Å². The minimum atomic E-state index is -1.02. The van der Waals surface area contributed by atoms with Gasteiger partial charge < -0.3 is 10.0 Å². The topological polar surface area (TPSA) is 36.4 Å². The summed E-state index contributed by atoms with van der Waals surface area (Å²) < 4.78 is 0. The molecule has 3 heteroatoms. The van der Waals surface area contributed by atoms with Crippen molar-refractivity contribution < 1.29 is 5.11 Å². The average Bonchev–Trinajstić information content (AvgIpc) is 2.53. The molecule has 1 N–H and O–H groups in total. The Morgan fingerprint density at radius 1 is 1.13 bits per heavy atom.